The van der Waals surface area contributed by atoms with Crippen molar-refractivity contribution in [3.05, 3.63) is 23.8 Å². The normalized spacial score (nSPS) is 20.1. The fourth-order valence-electron chi connectivity index (χ4n) is 2.38. The largest absolute Gasteiger partial charge is 0.497 e. The zero-order chi connectivity index (χ0) is 14.0. The molecule has 0 saturated carbocycles. The first-order valence-electron chi connectivity index (χ1n) is 6.61. The molecular formula is C15H21NO3. The number of rotatable bonds is 3. The molecule has 0 fully saturated rings. The SMILES string of the molecule is CCC(=O)N[C@H]1CC(C)(C)Oc2cc(OC)ccc21. The minimum Gasteiger partial charge on any atom is -0.497 e. The molecule has 4 heteroatoms. The van der Waals surface area contributed by atoms with Crippen molar-refractivity contribution in [3.8, 4) is 11.5 Å². The van der Waals surface area contributed by atoms with Crippen LogP contribution in [0, 0.1) is 0 Å². The summed E-state index contributed by atoms with van der Waals surface area (Å²) in [7, 11) is 1.63. The topological polar surface area (TPSA) is 47.6 Å². The van der Waals surface area contributed by atoms with Gasteiger partial charge in [-0.25, -0.2) is 0 Å². The number of carbonyl (C=O) groups is 1. The van der Waals surface area contributed by atoms with E-state index in [1.165, 1.54) is 0 Å². The van der Waals surface area contributed by atoms with Gasteiger partial charge in [0.05, 0.1) is 13.2 Å². The smallest absolute Gasteiger partial charge is 0.220 e. The summed E-state index contributed by atoms with van der Waals surface area (Å²) >= 11 is 0. The standard InChI is InChI=1S/C15H21NO3/c1-5-14(17)16-12-9-15(2,3)19-13-8-10(18-4)6-7-11(12)13/h6-8,12H,5,9H2,1-4H3,(H,16,17)/t12-/m0/s1. The van der Waals surface area contributed by atoms with E-state index in [0.717, 1.165) is 23.5 Å². The molecule has 1 aliphatic heterocycles. The monoisotopic (exact) mass is 263 g/mol. The lowest BCUT2D eigenvalue weighted by molar-refractivity contribution is -0.122. The third-order valence-corrected chi connectivity index (χ3v) is 3.33. The Balaban J connectivity index is 2.34. The number of methoxy groups -OCH3 is 1. The second kappa shape index (κ2) is 5.11. The van der Waals surface area contributed by atoms with E-state index in [-0.39, 0.29) is 17.6 Å². The molecule has 1 heterocycles. The Morgan fingerprint density at radius 3 is 2.89 bits per heavy atom. The van der Waals surface area contributed by atoms with Crippen molar-refractivity contribution < 1.29 is 14.3 Å². The Morgan fingerprint density at radius 1 is 1.53 bits per heavy atom. The van der Waals surface area contributed by atoms with Crippen LogP contribution in [0.4, 0.5) is 0 Å². The van der Waals surface area contributed by atoms with E-state index in [0.29, 0.717) is 6.42 Å². The Kier molecular flexibility index (Phi) is 3.69. The first-order valence-corrected chi connectivity index (χ1v) is 6.61. The maximum absolute atomic E-state index is 11.6. The molecule has 104 valence electrons. The van der Waals surface area contributed by atoms with Gasteiger partial charge < -0.3 is 14.8 Å². The zero-order valence-electron chi connectivity index (χ0n) is 11.9. The fourth-order valence-corrected chi connectivity index (χ4v) is 2.38. The van der Waals surface area contributed by atoms with Gasteiger partial charge in [-0.2, -0.15) is 0 Å². The average molecular weight is 263 g/mol. The molecule has 0 bridgehead atoms. The number of nitrogens with one attached hydrogen (secondary N) is 1. The van der Waals surface area contributed by atoms with E-state index >= 15 is 0 Å². The van der Waals surface area contributed by atoms with E-state index in [2.05, 4.69) is 5.32 Å². The zero-order valence-corrected chi connectivity index (χ0v) is 11.9. The Hall–Kier alpha value is -1.71. The number of hydrogen-bond donors (Lipinski definition) is 1. The van der Waals surface area contributed by atoms with Gasteiger partial charge in [0.2, 0.25) is 5.91 Å². The summed E-state index contributed by atoms with van der Waals surface area (Å²) < 4.78 is 11.2. The molecule has 1 aliphatic rings. The van der Waals surface area contributed by atoms with E-state index in [4.69, 9.17) is 9.47 Å². The lowest BCUT2D eigenvalue weighted by Crippen LogP contribution is -2.41. The van der Waals surface area contributed by atoms with Crippen molar-refractivity contribution in [3.63, 3.8) is 0 Å². The summed E-state index contributed by atoms with van der Waals surface area (Å²) in [6, 6.07) is 5.73. The molecule has 1 amide bonds. The van der Waals surface area contributed by atoms with Crippen LogP contribution in [0.3, 0.4) is 0 Å². The highest BCUT2D eigenvalue weighted by Crippen LogP contribution is 2.41. The number of fused-ring (bicyclic) bond motifs is 1. The molecular weight excluding hydrogens is 242 g/mol. The second-order valence-electron chi connectivity index (χ2n) is 5.44. The summed E-state index contributed by atoms with van der Waals surface area (Å²) in [5, 5.41) is 3.06. The number of hydrogen-bond acceptors (Lipinski definition) is 3. The minimum absolute atomic E-state index is 0.00268. The predicted molar refractivity (Wildman–Crippen MR) is 73.5 cm³/mol. The second-order valence-corrected chi connectivity index (χ2v) is 5.44. The highest BCUT2D eigenvalue weighted by Gasteiger charge is 2.34. The summed E-state index contributed by atoms with van der Waals surface area (Å²) in [5.41, 5.74) is 0.715. The van der Waals surface area contributed by atoms with Crippen molar-refractivity contribution in [1.29, 1.82) is 0 Å². The number of carbonyl (C=O) groups excluding carboxylic acids is 1. The van der Waals surface area contributed by atoms with Gasteiger partial charge in [-0.3, -0.25) is 4.79 Å². The van der Waals surface area contributed by atoms with Crippen molar-refractivity contribution in [2.24, 2.45) is 0 Å². The van der Waals surface area contributed by atoms with Crippen molar-refractivity contribution in [2.45, 2.75) is 45.3 Å². The average Bonchev–Trinajstić information content (AvgIpc) is 2.36. The Morgan fingerprint density at radius 2 is 2.26 bits per heavy atom. The summed E-state index contributed by atoms with van der Waals surface area (Å²) in [4.78, 5) is 11.6. The Labute approximate surface area is 114 Å². The number of ether oxygens (including phenoxy) is 2. The highest BCUT2D eigenvalue weighted by molar-refractivity contribution is 5.76. The first kappa shape index (κ1) is 13.7. The van der Waals surface area contributed by atoms with E-state index in [1.807, 2.05) is 39.0 Å². The molecule has 0 aliphatic carbocycles. The molecule has 1 aromatic rings. The van der Waals surface area contributed by atoms with Crippen LogP contribution in [0.15, 0.2) is 18.2 Å². The van der Waals surface area contributed by atoms with Crippen LogP contribution in [0.5, 0.6) is 11.5 Å². The maximum Gasteiger partial charge on any atom is 0.220 e. The van der Waals surface area contributed by atoms with Crippen LogP contribution in [0.1, 0.15) is 45.2 Å². The molecule has 4 nitrogen and oxygen atoms in total. The van der Waals surface area contributed by atoms with Gasteiger partial charge in [0.25, 0.3) is 0 Å². The molecule has 1 atom stereocenters. The van der Waals surface area contributed by atoms with Crippen LogP contribution in [-0.4, -0.2) is 18.6 Å². The van der Waals surface area contributed by atoms with Gasteiger partial charge in [0, 0.05) is 24.5 Å². The van der Waals surface area contributed by atoms with Gasteiger partial charge in [0.1, 0.15) is 17.1 Å². The number of amides is 1. The molecule has 0 saturated heterocycles. The molecule has 0 radical (unpaired) electrons. The third-order valence-electron chi connectivity index (χ3n) is 3.33. The first-order chi connectivity index (χ1) is 8.95. The molecule has 2 rings (SSSR count). The summed E-state index contributed by atoms with van der Waals surface area (Å²) in [6.45, 7) is 5.91. The van der Waals surface area contributed by atoms with Gasteiger partial charge in [0.15, 0.2) is 0 Å². The lowest BCUT2D eigenvalue weighted by Gasteiger charge is -2.38. The van der Waals surface area contributed by atoms with Crippen molar-refractivity contribution in [2.75, 3.05) is 7.11 Å². The van der Waals surface area contributed by atoms with Crippen LogP contribution < -0.4 is 14.8 Å². The van der Waals surface area contributed by atoms with Crippen molar-refractivity contribution in [1.82, 2.24) is 5.32 Å². The maximum atomic E-state index is 11.6. The molecule has 1 aromatic carbocycles. The molecule has 0 aromatic heterocycles. The summed E-state index contributed by atoms with van der Waals surface area (Å²) in [6.07, 6.45) is 1.25. The van der Waals surface area contributed by atoms with E-state index in [9.17, 15) is 4.79 Å². The summed E-state index contributed by atoms with van der Waals surface area (Å²) in [5.74, 6) is 1.61. The van der Waals surface area contributed by atoms with Crippen LogP contribution in [-0.2, 0) is 4.79 Å². The van der Waals surface area contributed by atoms with E-state index in [1.54, 1.807) is 7.11 Å². The predicted octanol–water partition coefficient (Wildman–Crippen LogP) is 2.82. The fraction of sp³-hybridized carbons (Fsp3) is 0.533. The van der Waals surface area contributed by atoms with Gasteiger partial charge >= 0.3 is 0 Å². The van der Waals surface area contributed by atoms with Crippen LogP contribution in [0.25, 0.3) is 0 Å². The van der Waals surface area contributed by atoms with Crippen LogP contribution in [0.2, 0.25) is 0 Å². The van der Waals surface area contributed by atoms with Gasteiger partial charge in [-0.1, -0.05) is 6.92 Å². The van der Waals surface area contributed by atoms with Gasteiger partial charge in [-0.15, -0.1) is 0 Å². The Bertz CT molecular complexity index is 482. The molecule has 19 heavy (non-hydrogen) atoms. The highest BCUT2D eigenvalue weighted by atomic mass is 16.5. The molecule has 1 N–H and O–H groups in total. The van der Waals surface area contributed by atoms with Crippen LogP contribution >= 0.6 is 0 Å². The molecule has 0 unspecified atom stereocenters. The molecule has 0 spiro atoms. The number of benzene rings is 1. The van der Waals surface area contributed by atoms with Gasteiger partial charge in [-0.05, 0) is 26.0 Å². The van der Waals surface area contributed by atoms with E-state index < -0.39 is 0 Å². The quantitative estimate of drug-likeness (QED) is 0.912. The lowest BCUT2D eigenvalue weighted by atomic mass is 9.89. The van der Waals surface area contributed by atoms with Crippen molar-refractivity contribution >= 4 is 5.91 Å². The minimum atomic E-state index is -0.301. The third kappa shape index (κ3) is 3.00.